The highest BCUT2D eigenvalue weighted by Crippen LogP contribution is 2.18. The van der Waals surface area contributed by atoms with Gasteiger partial charge in [-0.25, -0.2) is 0 Å². The average Bonchev–Trinajstić information content (AvgIpc) is 2.31. The van der Waals surface area contributed by atoms with Crippen LogP contribution in [0.3, 0.4) is 0 Å². The second-order valence-electron chi connectivity index (χ2n) is 5.69. The molecule has 0 aromatic rings. The van der Waals surface area contributed by atoms with Crippen molar-refractivity contribution >= 4 is 0 Å². The fraction of sp³-hybridized carbons (Fsp3) is 1.00. The summed E-state index contributed by atoms with van der Waals surface area (Å²) in [6, 6.07) is 0.823. The topological polar surface area (TPSA) is 18.5 Å². The molecule has 3 heteroatoms. The van der Waals surface area contributed by atoms with Gasteiger partial charge in [-0.15, -0.1) is 0 Å². The Hall–Kier alpha value is -0.120. The molecule has 2 saturated heterocycles. The van der Waals surface area contributed by atoms with E-state index in [9.17, 15) is 0 Å². The van der Waals surface area contributed by atoms with Crippen LogP contribution in [0.25, 0.3) is 0 Å². The van der Waals surface area contributed by atoms with Gasteiger partial charge < -0.3 is 15.1 Å². The minimum Gasteiger partial charge on any atom is -0.317 e. The highest BCUT2D eigenvalue weighted by atomic mass is 15.2. The van der Waals surface area contributed by atoms with Crippen LogP contribution in [0.4, 0.5) is 0 Å². The number of piperidine rings is 2. The number of likely N-dealkylation sites (tertiary alicyclic amines) is 1. The van der Waals surface area contributed by atoms with Gasteiger partial charge in [0.25, 0.3) is 0 Å². The number of rotatable bonds is 3. The molecular weight excluding hydrogens is 198 g/mol. The second-order valence-corrected chi connectivity index (χ2v) is 5.69. The van der Waals surface area contributed by atoms with E-state index in [1.165, 1.54) is 58.4 Å². The minimum atomic E-state index is 0.823. The van der Waals surface area contributed by atoms with E-state index in [-0.39, 0.29) is 0 Å². The third-order valence-electron chi connectivity index (χ3n) is 4.26. The van der Waals surface area contributed by atoms with Gasteiger partial charge in [0.1, 0.15) is 0 Å². The lowest BCUT2D eigenvalue weighted by Crippen LogP contribution is -2.44. The van der Waals surface area contributed by atoms with Crippen molar-refractivity contribution in [2.24, 2.45) is 5.92 Å². The fourth-order valence-electron chi connectivity index (χ4n) is 3.05. The van der Waals surface area contributed by atoms with Crippen LogP contribution in [0.2, 0.25) is 0 Å². The summed E-state index contributed by atoms with van der Waals surface area (Å²) < 4.78 is 0. The molecule has 2 fully saturated rings. The van der Waals surface area contributed by atoms with Crippen molar-refractivity contribution in [3.63, 3.8) is 0 Å². The Labute approximate surface area is 100 Å². The zero-order valence-corrected chi connectivity index (χ0v) is 10.9. The Morgan fingerprint density at radius 3 is 2.25 bits per heavy atom. The molecule has 0 amide bonds. The smallest absolute Gasteiger partial charge is 0.0113 e. The first-order valence-corrected chi connectivity index (χ1v) is 6.85. The van der Waals surface area contributed by atoms with Gasteiger partial charge in [-0.3, -0.25) is 0 Å². The lowest BCUT2D eigenvalue weighted by Gasteiger charge is -2.37. The Balaban J connectivity index is 1.68. The van der Waals surface area contributed by atoms with Gasteiger partial charge in [-0.05, 0) is 71.9 Å². The van der Waals surface area contributed by atoms with Crippen LogP contribution < -0.4 is 5.32 Å². The maximum Gasteiger partial charge on any atom is 0.0113 e. The molecule has 2 heterocycles. The molecule has 0 aromatic carbocycles. The largest absolute Gasteiger partial charge is 0.317 e. The first-order chi connectivity index (χ1) is 7.75. The normalized spacial score (nSPS) is 26.4. The van der Waals surface area contributed by atoms with E-state index in [2.05, 4.69) is 29.2 Å². The maximum atomic E-state index is 3.45. The van der Waals surface area contributed by atoms with Crippen molar-refractivity contribution in [2.45, 2.75) is 31.7 Å². The Morgan fingerprint density at radius 1 is 1.06 bits per heavy atom. The van der Waals surface area contributed by atoms with E-state index in [0.29, 0.717) is 0 Å². The number of hydrogen-bond donors (Lipinski definition) is 1. The second kappa shape index (κ2) is 5.99. The standard InChI is InChI=1S/C13H27N3/c1-15(2)13-5-9-16(10-6-13)11-12-3-7-14-8-4-12/h12-14H,3-11H2,1-2H3. The van der Waals surface area contributed by atoms with Crippen LogP contribution in [0.1, 0.15) is 25.7 Å². The molecule has 94 valence electrons. The van der Waals surface area contributed by atoms with E-state index < -0.39 is 0 Å². The summed E-state index contributed by atoms with van der Waals surface area (Å²) in [6.45, 7) is 6.44. The molecule has 1 N–H and O–H groups in total. The zero-order chi connectivity index (χ0) is 11.4. The van der Waals surface area contributed by atoms with Gasteiger partial charge in [0.05, 0.1) is 0 Å². The Bertz CT molecular complexity index is 191. The quantitative estimate of drug-likeness (QED) is 0.773. The zero-order valence-electron chi connectivity index (χ0n) is 10.9. The van der Waals surface area contributed by atoms with Crippen LogP contribution in [0.15, 0.2) is 0 Å². The SMILES string of the molecule is CN(C)C1CCN(CC2CCNCC2)CC1. The van der Waals surface area contributed by atoms with Crippen LogP contribution in [-0.2, 0) is 0 Å². The Kier molecular flexibility index (Phi) is 4.62. The van der Waals surface area contributed by atoms with Gasteiger partial charge >= 0.3 is 0 Å². The van der Waals surface area contributed by atoms with Gasteiger partial charge in [-0.1, -0.05) is 0 Å². The van der Waals surface area contributed by atoms with Crippen LogP contribution in [0.5, 0.6) is 0 Å². The summed E-state index contributed by atoms with van der Waals surface area (Å²) in [5.41, 5.74) is 0. The van der Waals surface area contributed by atoms with Crippen molar-refractivity contribution < 1.29 is 0 Å². The highest BCUT2D eigenvalue weighted by molar-refractivity contribution is 4.79. The molecule has 16 heavy (non-hydrogen) atoms. The lowest BCUT2D eigenvalue weighted by molar-refractivity contribution is 0.123. The predicted octanol–water partition coefficient (Wildman–Crippen LogP) is 1.01. The molecule has 0 spiro atoms. The molecule has 2 aliphatic rings. The molecule has 2 rings (SSSR count). The van der Waals surface area contributed by atoms with E-state index in [1.807, 2.05) is 0 Å². The van der Waals surface area contributed by atoms with E-state index in [0.717, 1.165) is 12.0 Å². The van der Waals surface area contributed by atoms with Gasteiger partial charge in [0.15, 0.2) is 0 Å². The van der Waals surface area contributed by atoms with Crippen molar-refractivity contribution in [3.05, 3.63) is 0 Å². The molecule has 0 bridgehead atoms. The Morgan fingerprint density at radius 2 is 1.69 bits per heavy atom. The highest BCUT2D eigenvalue weighted by Gasteiger charge is 2.23. The van der Waals surface area contributed by atoms with Crippen LogP contribution in [0, 0.1) is 5.92 Å². The summed E-state index contributed by atoms with van der Waals surface area (Å²) in [6.07, 6.45) is 5.48. The lowest BCUT2D eigenvalue weighted by atomic mass is 9.95. The maximum absolute atomic E-state index is 3.45. The number of hydrogen-bond acceptors (Lipinski definition) is 3. The van der Waals surface area contributed by atoms with Crippen molar-refractivity contribution in [3.8, 4) is 0 Å². The minimum absolute atomic E-state index is 0.823. The molecule has 0 aliphatic carbocycles. The summed E-state index contributed by atoms with van der Waals surface area (Å²) in [5, 5.41) is 3.45. The summed E-state index contributed by atoms with van der Waals surface area (Å²) in [4.78, 5) is 5.08. The first kappa shape index (κ1) is 12.3. The third-order valence-corrected chi connectivity index (χ3v) is 4.26. The van der Waals surface area contributed by atoms with E-state index in [4.69, 9.17) is 0 Å². The van der Waals surface area contributed by atoms with Gasteiger partial charge in [0.2, 0.25) is 0 Å². The summed E-state index contributed by atoms with van der Waals surface area (Å²) in [7, 11) is 4.43. The molecule has 3 nitrogen and oxygen atoms in total. The van der Waals surface area contributed by atoms with Gasteiger partial charge in [-0.2, -0.15) is 0 Å². The molecule has 0 unspecified atom stereocenters. The first-order valence-electron chi connectivity index (χ1n) is 6.85. The predicted molar refractivity (Wildman–Crippen MR) is 68.7 cm³/mol. The van der Waals surface area contributed by atoms with Gasteiger partial charge in [0, 0.05) is 12.6 Å². The number of nitrogens with zero attached hydrogens (tertiary/aromatic N) is 2. The third kappa shape index (κ3) is 3.44. The van der Waals surface area contributed by atoms with Crippen LogP contribution >= 0.6 is 0 Å². The molecule has 0 atom stereocenters. The summed E-state index contributed by atoms with van der Waals surface area (Å²) >= 11 is 0. The average molecular weight is 225 g/mol. The van der Waals surface area contributed by atoms with Crippen molar-refractivity contribution in [2.75, 3.05) is 46.8 Å². The van der Waals surface area contributed by atoms with E-state index >= 15 is 0 Å². The molecule has 2 aliphatic heterocycles. The van der Waals surface area contributed by atoms with E-state index in [1.54, 1.807) is 0 Å². The fourth-order valence-corrected chi connectivity index (χ4v) is 3.05. The monoisotopic (exact) mass is 225 g/mol. The molecule has 0 radical (unpaired) electrons. The molecule has 0 aromatic heterocycles. The van der Waals surface area contributed by atoms with Crippen LogP contribution in [-0.4, -0.2) is 62.7 Å². The van der Waals surface area contributed by atoms with Crippen molar-refractivity contribution in [1.29, 1.82) is 0 Å². The van der Waals surface area contributed by atoms with Crippen molar-refractivity contribution in [1.82, 2.24) is 15.1 Å². The molecular formula is C13H27N3. The number of nitrogens with one attached hydrogen (secondary N) is 1. The molecule has 0 saturated carbocycles. The summed E-state index contributed by atoms with van der Waals surface area (Å²) in [5.74, 6) is 0.956.